The van der Waals surface area contributed by atoms with Crippen molar-refractivity contribution >= 4 is 27.4 Å². The van der Waals surface area contributed by atoms with Crippen LogP contribution in [0, 0.1) is 18.3 Å². The highest BCUT2D eigenvalue weighted by Crippen LogP contribution is 2.25. The van der Waals surface area contributed by atoms with Crippen molar-refractivity contribution in [2.45, 2.75) is 13.3 Å². The maximum absolute atomic E-state index is 9.31. The molecule has 2 aromatic rings. The van der Waals surface area contributed by atoms with Gasteiger partial charge in [-0.2, -0.15) is 5.26 Å². The maximum atomic E-state index is 9.31. The lowest BCUT2D eigenvalue weighted by atomic mass is 10.1. The van der Waals surface area contributed by atoms with Gasteiger partial charge in [0.2, 0.25) is 0 Å². The second kappa shape index (κ2) is 7.01. The van der Waals surface area contributed by atoms with E-state index >= 15 is 0 Å². The van der Waals surface area contributed by atoms with Crippen LogP contribution in [0.2, 0.25) is 0 Å². The van der Waals surface area contributed by atoms with Crippen LogP contribution in [0.4, 0.5) is 11.5 Å². The Bertz CT molecular complexity index is 738. The van der Waals surface area contributed by atoms with Crippen LogP contribution in [0.25, 0.3) is 0 Å². The molecule has 0 radical (unpaired) electrons. The fourth-order valence-electron chi connectivity index (χ4n) is 3.08. The first-order valence-electron chi connectivity index (χ1n) is 7.80. The number of benzene rings is 1. The molecule has 0 saturated carbocycles. The summed E-state index contributed by atoms with van der Waals surface area (Å²) in [6, 6.07) is 12.2. The molecule has 23 heavy (non-hydrogen) atoms. The number of hydrogen-bond donors (Lipinski definition) is 0. The summed E-state index contributed by atoms with van der Waals surface area (Å²) in [5.41, 5.74) is 2.97. The molecular formula is C18H19BrN4. The number of nitrogens with zero attached hydrogens (tertiary/aromatic N) is 4. The van der Waals surface area contributed by atoms with Crippen molar-refractivity contribution in [1.82, 2.24) is 4.98 Å². The minimum atomic E-state index is 0.749. The van der Waals surface area contributed by atoms with Gasteiger partial charge < -0.3 is 9.80 Å². The Balaban J connectivity index is 1.78. The first-order valence-corrected chi connectivity index (χ1v) is 8.59. The Labute approximate surface area is 145 Å². The minimum absolute atomic E-state index is 0.749. The molecule has 0 spiro atoms. The van der Waals surface area contributed by atoms with Gasteiger partial charge in [-0.1, -0.05) is 12.1 Å². The second-order valence-electron chi connectivity index (χ2n) is 5.75. The van der Waals surface area contributed by atoms with Crippen molar-refractivity contribution in [2.75, 3.05) is 36.0 Å². The third-order valence-corrected chi connectivity index (χ3v) is 4.61. The number of pyridine rings is 1. The smallest absolute Gasteiger partial charge is 0.131 e. The lowest BCUT2D eigenvalue weighted by molar-refractivity contribution is 0.794. The average molecular weight is 371 g/mol. The molecule has 0 N–H and O–H groups in total. The molecule has 1 aromatic carbocycles. The maximum Gasteiger partial charge on any atom is 0.131 e. The molecular weight excluding hydrogens is 352 g/mol. The first kappa shape index (κ1) is 15.8. The molecule has 1 aliphatic heterocycles. The largest absolute Gasteiger partial charge is 0.369 e. The minimum Gasteiger partial charge on any atom is -0.369 e. The van der Waals surface area contributed by atoms with E-state index in [-0.39, 0.29) is 0 Å². The van der Waals surface area contributed by atoms with Crippen molar-refractivity contribution < 1.29 is 0 Å². The Morgan fingerprint density at radius 2 is 1.87 bits per heavy atom. The molecule has 0 amide bonds. The van der Waals surface area contributed by atoms with Gasteiger partial charge >= 0.3 is 0 Å². The van der Waals surface area contributed by atoms with Gasteiger partial charge in [0.15, 0.2) is 0 Å². The van der Waals surface area contributed by atoms with Crippen LogP contribution in [0.3, 0.4) is 0 Å². The molecule has 0 atom stereocenters. The van der Waals surface area contributed by atoms with Crippen molar-refractivity contribution in [3.05, 3.63) is 52.1 Å². The number of rotatable bonds is 2. The summed E-state index contributed by atoms with van der Waals surface area (Å²) in [6.45, 7) is 5.86. The second-order valence-corrected chi connectivity index (χ2v) is 6.67. The molecule has 5 heteroatoms. The summed E-state index contributed by atoms with van der Waals surface area (Å²) < 4.78 is 1.01. The van der Waals surface area contributed by atoms with Crippen LogP contribution in [0.1, 0.15) is 17.5 Å². The van der Waals surface area contributed by atoms with E-state index in [2.05, 4.69) is 49.8 Å². The number of para-hydroxylation sites is 1. The van der Waals surface area contributed by atoms with E-state index in [0.717, 1.165) is 54.1 Å². The zero-order valence-electron chi connectivity index (χ0n) is 13.2. The molecule has 1 aromatic heterocycles. The monoisotopic (exact) mass is 370 g/mol. The molecule has 0 bridgehead atoms. The molecule has 3 rings (SSSR count). The third-order valence-electron chi connectivity index (χ3n) is 4.18. The fourth-order valence-corrected chi connectivity index (χ4v) is 3.52. The van der Waals surface area contributed by atoms with Crippen LogP contribution in [0.5, 0.6) is 0 Å². The van der Waals surface area contributed by atoms with Crippen LogP contribution in [-0.4, -0.2) is 31.2 Å². The molecule has 0 aliphatic carbocycles. The van der Waals surface area contributed by atoms with E-state index in [1.54, 1.807) is 0 Å². The highest BCUT2D eigenvalue weighted by Gasteiger charge is 2.19. The summed E-state index contributed by atoms with van der Waals surface area (Å²) in [7, 11) is 0. The van der Waals surface area contributed by atoms with E-state index in [1.807, 2.05) is 30.5 Å². The van der Waals surface area contributed by atoms with Gasteiger partial charge in [-0.3, -0.25) is 0 Å². The SMILES string of the molecule is Cc1cc(Br)cnc1N1CCCN(c2ccccc2C#N)CC1. The van der Waals surface area contributed by atoms with Crippen LogP contribution >= 0.6 is 15.9 Å². The normalized spacial score (nSPS) is 15.2. The van der Waals surface area contributed by atoms with E-state index in [9.17, 15) is 5.26 Å². The summed E-state index contributed by atoms with van der Waals surface area (Å²) >= 11 is 3.47. The number of aryl methyl sites for hydroxylation is 1. The molecule has 1 fully saturated rings. The van der Waals surface area contributed by atoms with Gasteiger partial charge in [-0.25, -0.2) is 4.98 Å². The van der Waals surface area contributed by atoms with Gasteiger partial charge in [0.25, 0.3) is 0 Å². The summed E-state index contributed by atoms with van der Waals surface area (Å²) in [5, 5.41) is 9.31. The van der Waals surface area contributed by atoms with Crippen LogP contribution in [0.15, 0.2) is 41.0 Å². The fraction of sp³-hybridized carbons (Fsp3) is 0.333. The summed E-state index contributed by atoms with van der Waals surface area (Å²) in [4.78, 5) is 9.24. The predicted octanol–water partition coefficient (Wildman–Crippen LogP) is 3.74. The van der Waals surface area contributed by atoms with Gasteiger partial charge in [0, 0.05) is 36.8 Å². The Morgan fingerprint density at radius 3 is 2.65 bits per heavy atom. The van der Waals surface area contributed by atoms with Crippen LogP contribution in [-0.2, 0) is 0 Å². The van der Waals surface area contributed by atoms with Gasteiger partial charge in [0.05, 0.1) is 11.3 Å². The quantitative estimate of drug-likeness (QED) is 0.807. The number of nitriles is 1. The highest BCUT2D eigenvalue weighted by molar-refractivity contribution is 9.10. The third kappa shape index (κ3) is 3.48. The summed E-state index contributed by atoms with van der Waals surface area (Å²) in [6.07, 6.45) is 2.91. The highest BCUT2D eigenvalue weighted by atomic mass is 79.9. The van der Waals surface area contributed by atoms with Crippen molar-refractivity contribution in [3.8, 4) is 6.07 Å². The van der Waals surface area contributed by atoms with E-state index in [1.165, 1.54) is 5.56 Å². The zero-order valence-corrected chi connectivity index (χ0v) is 14.8. The topological polar surface area (TPSA) is 43.2 Å². The lowest BCUT2D eigenvalue weighted by Gasteiger charge is -2.25. The molecule has 1 saturated heterocycles. The van der Waals surface area contributed by atoms with Gasteiger partial charge in [-0.15, -0.1) is 0 Å². The molecule has 2 heterocycles. The van der Waals surface area contributed by atoms with Crippen LogP contribution < -0.4 is 9.80 Å². The molecule has 0 unspecified atom stereocenters. The molecule has 1 aliphatic rings. The molecule has 118 valence electrons. The van der Waals surface area contributed by atoms with Crippen molar-refractivity contribution in [3.63, 3.8) is 0 Å². The predicted molar refractivity (Wildman–Crippen MR) is 96.9 cm³/mol. The number of aromatic nitrogens is 1. The zero-order chi connectivity index (χ0) is 16.2. The van der Waals surface area contributed by atoms with E-state index in [0.29, 0.717) is 0 Å². The van der Waals surface area contributed by atoms with Crippen molar-refractivity contribution in [1.29, 1.82) is 5.26 Å². The average Bonchev–Trinajstić information content (AvgIpc) is 2.81. The Morgan fingerprint density at radius 1 is 1.13 bits per heavy atom. The lowest BCUT2D eigenvalue weighted by Crippen LogP contribution is -2.31. The van der Waals surface area contributed by atoms with E-state index in [4.69, 9.17) is 0 Å². The number of anilines is 2. The Kier molecular flexibility index (Phi) is 4.82. The number of halogens is 1. The van der Waals surface area contributed by atoms with E-state index < -0.39 is 0 Å². The molecule has 4 nitrogen and oxygen atoms in total. The van der Waals surface area contributed by atoms with Gasteiger partial charge in [0.1, 0.15) is 11.9 Å². The standard InChI is InChI=1S/C18H19BrN4/c1-14-11-16(19)13-21-18(14)23-8-4-7-22(9-10-23)17-6-3-2-5-15(17)12-20/h2-3,5-6,11,13H,4,7-10H2,1H3. The summed E-state index contributed by atoms with van der Waals surface area (Å²) in [5.74, 6) is 1.06. The van der Waals surface area contributed by atoms with Crippen molar-refractivity contribution in [2.24, 2.45) is 0 Å². The first-order chi connectivity index (χ1) is 11.2. The number of hydrogen-bond acceptors (Lipinski definition) is 4. The Hall–Kier alpha value is -2.06. The van der Waals surface area contributed by atoms with Gasteiger partial charge in [-0.05, 0) is 53.0 Å².